The number of aliphatic hydroxyl groups excluding tert-OH is 1. The topological polar surface area (TPSA) is 71.5 Å². The van der Waals surface area contributed by atoms with Crippen LogP contribution in [0.25, 0.3) is 0 Å². The summed E-state index contributed by atoms with van der Waals surface area (Å²) in [4.78, 5) is 16.2. The quantitative estimate of drug-likeness (QED) is 0.859. The Morgan fingerprint density at radius 2 is 2.09 bits per heavy atom. The normalized spacial score (nSPS) is 15.5. The fourth-order valence-electron chi connectivity index (χ4n) is 2.36. The molecule has 1 saturated carbocycles. The maximum absolute atomic E-state index is 12.0. The first-order valence-corrected chi connectivity index (χ1v) is 7.84. The van der Waals surface area contributed by atoms with E-state index in [9.17, 15) is 9.90 Å². The van der Waals surface area contributed by atoms with Crippen LogP contribution >= 0.6 is 0 Å². The molecule has 1 aromatic heterocycles. The van der Waals surface area contributed by atoms with E-state index in [4.69, 9.17) is 4.74 Å². The van der Waals surface area contributed by atoms with Crippen LogP contribution in [0.1, 0.15) is 36.5 Å². The Labute approximate surface area is 135 Å². The van der Waals surface area contributed by atoms with Gasteiger partial charge < -0.3 is 15.2 Å². The summed E-state index contributed by atoms with van der Waals surface area (Å²) in [6, 6.07) is 12.5. The van der Waals surface area contributed by atoms with Crippen LogP contribution in [0.15, 0.2) is 48.7 Å². The number of aromatic nitrogens is 1. The van der Waals surface area contributed by atoms with Gasteiger partial charge in [0, 0.05) is 18.8 Å². The number of carbonyl (C=O) groups excluding carboxylic acids is 1. The summed E-state index contributed by atoms with van der Waals surface area (Å²) in [5.74, 6) is 0.166. The number of nitrogens with zero attached hydrogens (tertiary/aromatic N) is 1. The van der Waals surface area contributed by atoms with Crippen LogP contribution < -0.4 is 10.1 Å². The van der Waals surface area contributed by atoms with Gasteiger partial charge in [0.15, 0.2) is 6.10 Å². The fraction of sp³-hybridized carbons (Fsp3) is 0.333. The van der Waals surface area contributed by atoms with Crippen molar-refractivity contribution >= 4 is 5.91 Å². The first-order valence-electron chi connectivity index (χ1n) is 7.84. The molecular formula is C18H20N2O3. The van der Waals surface area contributed by atoms with Crippen molar-refractivity contribution in [2.75, 3.05) is 0 Å². The van der Waals surface area contributed by atoms with E-state index in [1.54, 1.807) is 30.5 Å². The molecule has 0 bridgehead atoms. The molecule has 3 rings (SSSR count). The second-order valence-electron chi connectivity index (χ2n) is 5.70. The van der Waals surface area contributed by atoms with Gasteiger partial charge in [0.25, 0.3) is 5.91 Å². The molecule has 2 N–H and O–H groups in total. The van der Waals surface area contributed by atoms with Crippen LogP contribution in [-0.4, -0.2) is 22.1 Å². The van der Waals surface area contributed by atoms with Gasteiger partial charge >= 0.3 is 0 Å². The summed E-state index contributed by atoms with van der Waals surface area (Å²) in [6.07, 6.45) is 4.13. The lowest BCUT2D eigenvalue weighted by Gasteiger charge is -2.25. The average molecular weight is 312 g/mol. The molecule has 120 valence electrons. The van der Waals surface area contributed by atoms with E-state index in [0.29, 0.717) is 18.0 Å². The first kappa shape index (κ1) is 15.5. The number of hydrogen-bond acceptors (Lipinski definition) is 4. The highest BCUT2D eigenvalue weighted by Gasteiger charge is 2.20. The van der Waals surface area contributed by atoms with Crippen LogP contribution in [0.2, 0.25) is 0 Å². The van der Waals surface area contributed by atoms with Crippen molar-refractivity contribution in [2.24, 2.45) is 0 Å². The van der Waals surface area contributed by atoms with Gasteiger partial charge in [-0.05, 0) is 36.5 Å². The van der Waals surface area contributed by atoms with Crippen LogP contribution in [0.3, 0.4) is 0 Å². The maximum Gasteiger partial charge on any atom is 0.253 e. The highest BCUT2D eigenvalue weighted by Crippen LogP contribution is 2.24. The summed E-state index contributed by atoms with van der Waals surface area (Å²) in [5.41, 5.74) is 1.47. The molecule has 0 saturated heterocycles. The lowest BCUT2D eigenvalue weighted by Crippen LogP contribution is -2.29. The zero-order valence-corrected chi connectivity index (χ0v) is 12.8. The Kier molecular flexibility index (Phi) is 4.88. The minimum absolute atomic E-state index is 0.271. The minimum Gasteiger partial charge on any atom is -0.474 e. The Morgan fingerprint density at radius 3 is 2.78 bits per heavy atom. The molecule has 1 aromatic carbocycles. The third-order valence-electron chi connectivity index (χ3n) is 3.97. The lowest BCUT2D eigenvalue weighted by molar-refractivity contribution is -0.129. The predicted molar refractivity (Wildman–Crippen MR) is 85.8 cm³/mol. The zero-order chi connectivity index (χ0) is 16.1. The van der Waals surface area contributed by atoms with Gasteiger partial charge in [-0.1, -0.05) is 30.3 Å². The van der Waals surface area contributed by atoms with Crippen LogP contribution in [0.5, 0.6) is 5.88 Å². The van der Waals surface area contributed by atoms with E-state index in [1.807, 2.05) is 18.2 Å². The summed E-state index contributed by atoms with van der Waals surface area (Å²) in [5, 5.41) is 12.8. The number of nitrogens with one attached hydrogen (secondary N) is 1. The monoisotopic (exact) mass is 312 g/mol. The molecular weight excluding hydrogens is 292 g/mol. The van der Waals surface area contributed by atoms with E-state index in [2.05, 4.69) is 10.3 Å². The van der Waals surface area contributed by atoms with Gasteiger partial charge in [0.05, 0.1) is 0 Å². The number of rotatable bonds is 6. The smallest absolute Gasteiger partial charge is 0.253 e. The Morgan fingerprint density at radius 1 is 1.30 bits per heavy atom. The Hall–Kier alpha value is -2.40. The van der Waals surface area contributed by atoms with Crippen molar-refractivity contribution in [3.63, 3.8) is 0 Å². The maximum atomic E-state index is 12.0. The molecule has 1 amide bonds. The largest absolute Gasteiger partial charge is 0.474 e. The third kappa shape index (κ3) is 4.07. The van der Waals surface area contributed by atoms with E-state index >= 15 is 0 Å². The van der Waals surface area contributed by atoms with Crippen molar-refractivity contribution in [1.29, 1.82) is 0 Å². The van der Waals surface area contributed by atoms with Crippen molar-refractivity contribution in [3.8, 4) is 5.88 Å². The van der Waals surface area contributed by atoms with Crippen LogP contribution in [0, 0.1) is 0 Å². The first-order chi connectivity index (χ1) is 11.2. The highest BCUT2D eigenvalue weighted by molar-refractivity contribution is 5.81. The highest BCUT2D eigenvalue weighted by atomic mass is 16.5. The SMILES string of the molecule is O=C(NCc1ccnc(OC2CCC2)c1)[C@@H](O)c1ccccc1. The average Bonchev–Trinajstić information content (AvgIpc) is 2.56. The van der Waals surface area contributed by atoms with E-state index in [0.717, 1.165) is 18.4 Å². The van der Waals surface area contributed by atoms with Crippen LogP contribution in [-0.2, 0) is 11.3 Å². The number of hydrogen-bond donors (Lipinski definition) is 2. The molecule has 0 unspecified atom stereocenters. The van der Waals surface area contributed by atoms with E-state index < -0.39 is 12.0 Å². The molecule has 1 atom stereocenters. The van der Waals surface area contributed by atoms with Gasteiger partial charge in [-0.3, -0.25) is 4.79 Å². The third-order valence-corrected chi connectivity index (χ3v) is 3.97. The number of benzene rings is 1. The molecule has 2 aromatic rings. The molecule has 1 fully saturated rings. The van der Waals surface area contributed by atoms with Crippen molar-refractivity contribution in [2.45, 2.75) is 38.0 Å². The minimum atomic E-state index is -1.16. The standard InChI is InChI=1S/C18H20N2O3/c21-17(14-5-2-1-3-6-14)18(22)20-12-13-9-10-19-16(11-13)23-15-7-4-8-15/h1-3,5-6,9-11,15,17,21H,4,7-8,12H2,(H,20,22)/t17-/m0/s1. The van der Waals surface area contributed by atoms with E-state index in [-0.39, 0.29) is 6.10 Å². The van der Waals surface area contributed by atoms with Gasteiger partial charge in [-0.15, -0.1) is 0 Å². The molecule has 5 nitrogen and oxygen atoms in total. The molecule has 1 heterocycles. The van der Waals surface area contributed by atoms with Crippen molar-refractivity contribution < 1.29 is 14.6 Å². The number of pyridine rings is 1. The molecule has 1 aliphatic carbocycles. The number of amides is 1. The second-order valence-corrected chi connectivity index (χ2v) is 5.70. The molecule has 1 aliphatic rings. The van der Waals surface area contributed by atoms with Crippen LogP contribution in [0.4, 0.5) is 0 Å². The molecule has 0 radical (unpaired) electrons. The summed E-state index contributed by atoms with van der Waals surface area (Å²) in [6.45, 7) is 0.326. The van der Waals surface area contributed by atoms with Crippen molar-refractivity contribution in [3.05, 3.63) is 59.8 Å². The molecule has 0 aliphatic heterocycles. The summed E-state index contributed by atoms with van der Waals surface area (Å²) >= 11 is 0. The number of ether oxygens (including phenoxy) is 1. The second kappa shape index (κ2) is 7.24. The molecule has 5 heteroatoms. The van der Waals surface area contributed by atoms with E-state index in [1.165, 1.54) is 6.42 Å². The molecule has 0 spiro atoms. The Balaban J connectivity index is 1.55. The number of carbonyl (C=O) groups is 1. The fourth-order valence-corrected chi connectivity index (χ4v) is 2.36. The number of aliphatic hydroxyl groups is 1. The van der Waals surface area contributed by atoms with Gasteiger partial charge in [-0.25, -0.2) is 4.98 Å². The molecule has 23 heavy (non-hydrogen) atoms. The lowest BCUT2D eigenvalue weighted by atomic mass is 9.96. The van der Waals surface area contributed by atoms with Gasteiger partial charge in [-0.2, -0.15) is 0 Å². The van der Waals surface area contributed by atoms with Crippen molar-refractivity contribution in [1.82, 2.24) is 10.3 Å². The van der Waals surface area contributed by atoms with Gasteiger partial charge in [0.1, 0.15) is 6.10 Å². The predicted octanol–water partition coefficient (Wildman–Crippen LogP) is 2.36. The zero-order valence-electron chi connectivity index (χ0n) is 12.8. The Bertz CT molecular complexity index is 656. The van der Waals surface area contributed by atoms with Gasteiger partial charge in [0.2, 0.25) is 5.88 Å². The summed E-state index contributed by atoms with van der Waals surface area (Å²) < 4.78 is 5.74. The summed E-state index contributed by atoms with van der Waals surface area (Å²) in [7, 11) is 0.